The molecule has 0 bridgehead atoms. The van der Waals surface area contributed by atoms with Crippen LogP contribution < -0.4 is 5.32 Å². The topological polar surface area (TPSA) is 75.2 Å². The largest absolute Gasteiger partial charge is 0.339 e. The first-order chi connectivity index (χ1) is 16.6. The third-order valence-electron chi connectivity index (χ3n) is 6.22. The van der Waals surface area contributed by atoms with Gasteiger partial charge in [0.05, 0.1) is 11.3 Å². The maximum absolute atomic E-state index is 13.0. The van der Waals surface area contributed by atoms with Crippen molar-refractivity contribution in [3.63, 3.8) is 0 Å². The van der Waals surface area contributed by atoms with Crippen LogP contribution in [0.3, 0.4) is 0 Å². The Balaban J connectivity index is 1.28. The second-order valence-electron chi connectivity index (χ2n) is 8.37. The molecule has 0 saturated carbocycles. The molecule has 2 aromatic carbocycles. The van der Waals surface area contributed by atoms with Gasteiger partial charge in [-0.1, -0.05) is 24.3 Å². The van der Waals surface area contributed by atoms with E-state index in [4.69, 9.17) is 0 Å². The minimum Gasteiger partial charge on any atom is -0.339 e. The van der Waals surface area contributed by atoms with Gasteiger partial charge in [-0.05, 0) is 77.2 Å². The summed E-state index contributed by atoms with van der Waals surface area (Å²) in [6, 6.07) is 19.6. The molecule has 1 saturated heterocycles. The fourth-order valence-corrected chi connectivity index (χ4v) is 4.97. The number of rotatable bonds is 4. The van der Waals surface area contributed by atoms with Crippen molar-refractivity contribution >= 4 is 50.9 Å². The smallest absolute Gasteiger partial charge is 0.255 e. The number of piperidine rings is 1. The first kappa shape index (κ1) is 22.5. The number of nitrogens with zero attached hydrogens (tertiary/aromatic N) is 3. The third-order valence-corrected chi connectivity index (χ3v) is 7.16. The van der Waals surface area contributed by atoms with Crippen molar-refractivity contribution in [3.05, 3.63) is 88.4 Å². The molecule has 1 fully saturated rings. The number of halogens is 1. The van der Waals surface area contributed by atoms with E-state index in [9.17, 15) is 9.59 Å². The van der Waals surface area contributed by atoms with Crippen LogP contribution in [0.5, 0.6) is 0 Å². The fraction of sp³-hybridized carbons (Fsp3) is 0.185. The highest BCUT2D eigenvalue weighted by atomic mass is 127. The molecule has 6 nitrogen and oxygen atoms in total. The van der Waals surface area contributed by atoms with Gasteiger partial charge in [-0.2, -0.15) is 0 Å². The monoisotopic (exact) mass is 562 g/mol. The van der Waals surface area contributed by atoms with Gasteiger partial charge < -0.3 is 10.2 Å². The molecule has 170 valence electrons. The summed E-state index contributed by atoms with van der Waals surface area (Å²) in [6.07, 6.45) is 6.33. The third kappa shape index (κ3) is 4.65. The van der Waals surface area contributed by atoms with Crippen LogP contribution >= 0.6 is 22.6 Å². The number of anilines is 1. The highest BCUT2D eigenvalue weighted by Gasteiger charge is 2.28. The van der Waals surface area contributed by atoms with Crippen molar-refractivity contribution in [3.8, 4) is 11.3 Å². The first-order valence-electron chi connectivity index (χ1n) is 11.2. The van der Waals surface area contributed by atoms with E-state index >= 15 is 0 Å². The number of fused-ring (bicyclic) bond motifs is 1. The van der Waals surface area contributed by atoms with Gasteiger partial charge in [0, 0.05) is 57.8 Å². The Hall–Kier alpha value is -3.33. The summed E-state index contributed by atoms with van der Waals surface area (Å²) in [6.45, 7) is 1.12. The number of carbonyl (C=O) groups excluding carboxylic acids is 2. The second-order valence-corrected chi connectivity index (χ2v) is 9.53. The molecule has 0 spiro atoms. The van der Waals surface area contributed by atoms with Crippen LogP contribution in [0.2, 0.25) is 0 Å². The van der Waals surface area contributed by atoms with E-state index in [0.29, 0.717) is 31.5 Å². The van der Waals surface area contributed by atoms with Crippen molar-refractivity contribution in [1.29, 1.82) is 0 Å². The van der Waals surface area contributed by atoms with Gasteiger partial charge in [-0.3, -0.25) is 19.6 Å². The predicted octanol–water partition coefficient (Wildman–Crippen LogP) is 5.39. The van der Waals surface area contributed by atoms with Crippen molar-refractivity contribution in [1.82, 2.24) is 14.9 Å². The minimum atomic E-state index is -0.128. The molecule has 7 heteroatoms. The van der Waals surface area contributed by atoms with Crippen LogP contribution in [-0.4, -0.2) is 39.8 Å². The molecular weight excluding hydrogens is 539 g/mol. The van der Waals surface area contributed by atoms with E-state index in [1.165, 1.54) is 0 Å². The Bertz CT molecular complexity index is 1350. The molecule has 2 aromatic heterocycles. The number of benzene rings is 2. The average Bonchev–Trinajstić information content (AvgIpc) is 2.89. The maximum Gasteiger partial charge on any atom is 0.255 e. The summed E-state index contributed by atoms with van der Waals surface area (Å²) in [5.41, 5.74) is 3.23. The van der Waals surface area contributed by atoms with Gasteiger partial charge >= 0.3 is 0 Å². The van der Waals surface area contributed by atoms with Gasteiger partial charge in [0.15, 0.2) is 0 Å². The lowest BCUT2D eigenvalue weighted by atomic mass is 9.95. The Morgan fingerprint density at radius 3 is 2.59 bits per heavy atom. The number of pyridine rings is 2. The minimum absolute atomic E-state index is 0.00786. The molecule has 0 atom stereocenters. The predicted molar refractivity (Wildman–Crippen MR) is 141 cm³/mol. The summed E-state index contributed by atoms with van der Waals surface area (Å²) < 4.78 is 1.07. The number of likely N-dealkylation sites (tertiary alicyclic amines) is 1. The maximum atomic E-state index is 13.0. The Morgan fingerprint density at radius 1 is 0.971 bits per heavy atom. The summed E-state index contributed by atoms with van der Waals surface area (Å²) in [7, 11) is 0. The highest BCUT2D eigenvalue weighted by Crippen LogP contribution is 2.32. The SMILES string of the molecule is O=C(Nc1ccc(I)c(-c2nccc3ccccc23)c1)C1CCN(C(=O)c2cccnc2)CC1. The standard InChI is InChI=1S/C27H23IN4O2/c28-24-8-7-21(16-23(24)25-22-6-2-1-4-18(22)9-13-30-25)31-26(33)19-10-14-32(15-11-19)27(34)20-5-3-12-29-17-20/h1-9,12-13,16-17,19H,10-11,14-15H2,(H,31,33). The normalized spacial score (nSPS) is 14.2. The van der Waals surface area contributed by atoms with Crippen LogP contribution in [0.1, 0.15) is 23.2 Å². The van der Waals surface area contributed by atoms with Crippen LogP contribution in [0, 0.1) is 9.49 Å². The number of aromatic nitrogens is 2. The van der Waals surface area contributed by atoms with Crippen molar-refractivity contribution in [2.75, 3.05) is 18.4 Å². The Morgan fingerprint density at radius 2 is 1.79 bits per heavy atom. The molecule has 34 heavy (non-hydrogen) atoms. The van der Waals surface area contributed by atoms with Gasteiger partial charge in [0.25, 0.3) is 5.91 Å². The van der Waals surface area contributed by atoms with Crippen molar-refractivity contribution in [2.45, 2.75) is 12.8 Å². The Labute approximate surface area is 211 Å². The van der Waals surface area contributed by atoms with Gasteiger partial charge in [0.1, 0.15) is 0 Å². The van der Waals surface area contributed by atoms with E-state index in [2.05, 4.69) is 50.0 Å². The molecule has 1 aliphatic heterocycles. The zero-order chi connectivity index (χ0) is 23.5. The van der Waals surface area contributed by atoms with E-state index < -0.39 is 0 Å². The summed E-state index contributed by atoms with van der Waals surface area (Å²) in [5.74, 6) is -0.167. The van der Waals surface area contributed by atoms with E-state index in [1.54, 1.807) is 29.4 Å². The van der Waals surface area contributed by atoms with Gasteiger partial charge in [-0.25, -0.2) is 0 Å². The summed E-state index contributed by atoms with van der Waals surface area (Å²) >= 11 is 2.31. The Kier molecular flexibility index (Phi) is 6.53. The average molecular weight is 562 g/mol. The number of hydrogen-bond acceptors (Lipinski definition) is 4. The summed E-state index contributed by atoms with van der Waals surface area (Å²) in [5, 5.41) is 5.30. The quantitative estimate of drug-likeness (QED) is 0.339. The fourth-order valence-electron chi connectivity index (χ4n) is 4.38. The molecule has 0 aliphatic carbocycles. The molecular formula is C27H23IN4O2. The van der Waals surface area contributed by atoms with Crippen LogP contribution in [-0.2, 0) is 4.79 Å². The number of amides is 2. The van der Waals surface area contributed by atoms with Crippen molar-refractivity contribution < 1.29 is 9.59 Å². The molecule has 5 rings (SSSR count). The number of carbonyl (C=O) groups is 2. The van der Waals surface area contributed by atoms with E-state index in [-0.39, 0.29) is 17.7 Å². The lowest BCUT2D eigenvalue weighted by Gasteiger charge is -2.31. The molecule has 1 aliphatic rings. The zero-order valence-corrected chi connectivity index (χ0v) is 20.6. The molecule has 4 aromatic rings. The summed E-state index contributed by atoms with van der Waals surface area (Å²) in [4.78, 5) is 36.1. The molecule has 0 unspecified atom stereocenters. The molecule has 2 amide bonds. The molecule has 1 N–H and O–H groups in total. The van der Waals surface area contributed by atoms with Crippen LogP contribution in [0.15, 0.2) is 79.3 Å². The van der Waals surface area contributed by atoms with E-state index in [0.717, 1.165) is 31.3 Å². The number of hydrogen-bond donors (Lipinski definition) is 1. The second kappa shape index (κ2) is 9.89. The zero-order valence-electron chi connectivity index (χ0n) is 18.4. The lowest BCUT2D eigenvalue weighted by molar-refractivity contribution is -0.121. The van der Waals surface area contributed by atoms with Gasteiger partial charge in [-0.15, -0.1) is 0 Å². The highest BCUT2D eigenvalue weighted by molar-refractivity contribution is 14.1. The van der Waals surface area contributed by atoms with Crippen LogP contribution in [0.25, 0.3) is 22.0 Å². The first-order valence-corrected chi connectivity index (χ1v) is 12.3. The number of nitrogens with one attached hydrogen (secondary N) is 1. The molecule has 3 heterocycles. The van der Waals surface area contributed by atoms with Crippen LogP contribution in [0.4, 0.5) is 5.69 Å². The lowest BCUT2D eigenvalue weighted by Crippen LogP contribution is -2.41. The van der Waals surface area contributed by atoms with Crippen molar-refractivity contribution in [2.24, 2.45) is 5.92 Å². The molecule has 0 radical (unpaired) electrons. The van der Waals surface area contributed by atoms with Gasteiger partial charge in [0.2, 0.25) is 5.91 Å². The van der Waals surface area contributed by atoms with E-state index in [1.807, 2.05) is 42.6 Å².